The summed E-state index contributed by atoms with van der Waals surface area (Å²) in [6, 6.07) is 0.284. The Morgan fingerprint density at radius 2 is 2.40 bits per heavy atom. The van der Waals surface area contributed by atoms with Gasteiger partial charge in [-0.15, -0.1) is 5.10 Å². The molecule has 0 radical (unpaired) electrons. The number of rotatable bonds is 2. The highest BCUT2D eigenvalue weighted by molar-refractivity contribution is 5.09. The number of nitrogens with zero attached hydrogens (tertiary/aromatic N) is 3. The van der Waals surface area contributed by atoms with Gasteiger partial charge in [-0.2, -0.15) is 0 Å². The van der Waals surface area contributed by atoms with Crippen LogP contribution < -0.4 is 5.32 Å². The van der Waals surface area contributed by atoms with Gasteiger partial charge in [-0.05, 0) is 33.2 Å². The maximum atomic E-state index is 10.4. The lowest BCUT2D eigenvalue weighted by Gasteiger charge is -2.30. The van der Waals surface area contributed by atoms with Gasteiger partial charge in [0.05, 0.1) is 6.20 Å². The zero-order chi connectivity index (χ0) is 10.9. The van der Waals surface area contributed by atoms with Crippen LogP contribution in [0.2, 0.25) is 0 Å². The third kappa shape index (κ3) is 2.03. The molecule has 1 fully saturated rings. The Bertz CT molecular complexity index is 328. The first-order valence-electron chi connectivity index (χ1n) is 5.47. The summed E-state index contributed by atoms with van der Waals surface area (Å²) in [6.07, 6.45) is 3.58. The molecule has 5 heteroatoms. The van der Waals surface area contributed by atoms with Crippen LogP contribution >= 0.6 is 0 Å². The van der Waals surface area contributed by atoms with Crippen molar-refractivity contribution in [3.05, 3.63) is 11.9 Å². The van der Waals surface area contributed by atoms with Crippen molar-refractivity contribution in [3.63, 3.8) is 0 Å². The highest BCUT2D eigenvalue weighted by atomic mass is 16.3. The van der Waals surface area contributed by atoms with E-state index in [0.717, 1.165) is 19.4 Å². The second kappa shape index (κ2) is 3.90. The lowest BCUT2D eigenvalue weighted by molar-refractivity contribution is 0.00811. The molecule has 84 valence electrons. The summed E-state index contributed by atoms with van der Waals surface area (Å²) in [5, 5.41) is 21.6. The zero-order valence-electron chi connectivity index (χ0n) is 9.27. The molecule has 1 atom stereocenters. The van der Waals surface area contributed by atoms with E-state index in [1.165, 1.54) is 0 Å². The van der Waals surface area contributed by atoms with Crippen LogP contribution in [-0.2, 0) is 5.60 Å². The van der Waals surface area contributed by atoms with Crippen molar-refractivity contribution in [2.24, 2.45) is 0 Å². The lowest BCUT2D eigenvalue weighted by Crippen LogP contribution is -2.43. The number of aliphatic hydroxyl groups is 1. The van der Waals surface area contributed by atoms with Gasteiger partial charge in [0.2, 0.25) is 0 Å². The Kier molecular flexibility index (Phi) is 2.75. The molecule has 2 heterocycles. The molecular weight excluding hydrogens is 192 g/mol. The third-order valence-electron chi connectivity index (χ3n) is 2.88. The van der Waals surface area contributed by atoms with E-state index in [1.54, 1.807) is 4.68 Å². The highest BCUT2D eigenvalue weighted by Crippen LogP contribution is 2.26. The fourth-order valence-electron chi connectivity index (χ4n) is 1.85. The summed E-state index contributed by atoms with van der Waals surface area (Å²) in [5.41, 5.74) is -0.144. The molecule has 15 heavy (non-hydrogen) atoms. The number of nitrogens with one attached hydrogen (secondary N) is 1. The van der Waals surface area contributed by atoms with Crippen LogP contribution in [-0.4, -0.2) is 33.2 Å². The molecule has 0 spiro atoms. The van der Waals surface area contributed by atoms with Crippen molar-refractivity contribution in [2.45, 2.75) is 38.3 Å². The highest BCUT2D eigenvalue weighted by Gasteiger charge is 2.34. The van der Waals surface area contributed by atoms with Crippen molar-refractivity contribution < 1.29 is 5.11 Å². The standard InChI is InChI=1S/C10H18N4O/c1-8(2)14-6-9(12-13-14)10(15)4-3-5-11-7-10/h6,8,11,15H,3-5,7H2,1-2H3. The van der Waals surface area contributed by atoms with E-state index in [9.17, 15) is 5.11 Å². The van der Waals surface area contributed by atoms with Gasteiger partial charge in [-0.1, -0.05) is 5.21 Å². The molecule has 1 aromatic rings. The predicted molar refractivity (Wildman–Crippen MR) is 56.4 cm³/mol. The summed E-state index contributed by atoms with van der Waals surface area (Å²) in [4.78, 5) is 0. The summed E-state index contributed by atoms with van der Waals surface area (Å²) in [5.74, 6) is 0. The van der Waals surface area contributed by atoms with E-state index < -0.39 is 5.60 Å². The van der Waals surface area contributed by atoms with Crippen LogP contribution in [0.3, 0.4) is 0 Å². The lowest BCUT2D eigenvalue weighted by atomic mass is 9.91. The van der Waals surface area contributed by atoms with Gasteiger partial charge >= 0.3 is 0 Å². The quantitative estimate of drug-likeness (QED) is 0.743. The number of piperidine rings is 1. The number of hydrogen-bond acceptors (Lipinski definition) is 4. The molecular formula is C10H18N4O. The minimum absolute atomic E-state index is 0.284. The molecule has 0 amide bonds. The molecule has 1 saturated heterocycles. The fraction of sp³-hybridized carbons (Fsp3) is 0.800. The molecule has 1 unspecified atom stereocenters. The number of β-amino-alcohol motifs (C(OH)–C–C–N with tert-alkyl or cyclic N) is 1. The summed E-state index contributed by atoms with van der Waals surface area (Å²) >= 11 is 0. The Morgan fingerprint density at radius 3 is 2.93 bits per heavy atom. The average molecular weight is 210 g/mol. The SMILES string of the molecule is CC(C)n1cc(C2(O)CCCNC2)nn1. The van der Waals surface area contributed by atoms with Gasteiger partial charge in [0.1, 0.15) is 11.3 Å². The van der Waals surface area contributed by atoms with Crippen molar-refractivity contribution in [2.75, 3.05) is 13.1 Å². The van der Waals surface area contributed by atoms with Crippen molar-refractivity contribution in [1.29, 1.82) is 0 Å². The first-order valence-corrected chi connectivity index (χ1v) is 5.47. The van der Waals surface area contributed by atoms with E-state index in [-0.39, 0.29) is 6.04 Å². The largest absolute Gasteiger partial charge is 0.382 e. The third-order valence-corrected chi connectivity index (χ3v) is 2.88. The molecule has 2 N–H and O–H groups in total. The monoisotopic (exact) mass is 210 g/mol. The maximum Gasteiger partial charge on any atom is 0.122 e. The average Bonchev–Trinajstić information content (AvgIpc) is 2.68. The normalized spacial score (nSPS) is 27.2. The zero-order valence-corrected chi connectivity index (χ0v) is 9.27. The van der Waals surface area contributed by atoms with E-state index in [2.05, 4.69) is 15.6 Å². The smallest absolute Gasteiger partial charge is 0.122 e. The van der Waals surface area contributed by atoms with Crippen molar-refractivity contribution >= 4 is 0 Å². The predicted octanol–water partition coefficient (Wildman–Crippen LogP) is 0.430. The van der Waals surface area contributed by atoms with E-state index >= 15 is 0 Å². The van der Waals surface area contributed by atoms with Gasteiger partial charge in [0, 0.05) is 12.6 Å². The molecule has 0 aliphatic carbocycles. The molecule has 2 rings (SSSR count). The van der Waals surface area contributed by atoms with Crippen LogP contribution in [0, 0.1) is 0 Å². The number of hydrogen-bond donors (Lipinski definition) is 2. The second-order valence-electron chi connectivity index (χ2n) is 4.49. The Morgan fingerprint density at radius 1 is 1.60 bits per heavy atom. The Balaban J connectivity index is 2.20. The van der Waals surface area contributed by atoms with Crippen LogP contribution in [0.4, 0.5) is 0 Å². The van der Waals surface area contributed by atoms with Gasteiger partial charge in [-0.3, -0.25) is 0 Å². The summed E-state index contributed by atoms with van der Waals surface area (Å²) in [6.45, 7) is 5.63. The van der Waals surface area contributed by atoms with Gasteiger partial charge < -0.3 is 10.4 Å². The molecule has 0 bridgehead atoms. The minimum Gasteiger partial charge on any atom is -0.382 e. The maximum absolute atomic E-state index is 10.4. The molecule has 1 aliphatic heterocycles. The Labute approximate surface area is 89.5 Å². The minimum atomic E-state index is -0.828. The van der Waals surface area contributed by atoms with Gasteiger partial charge in [0.25, 0.3) is 0 Å². The fourth-order valence-corrected chi connectivity index (χ4v) is 1.85. The topological polar surface area (TPSA) is 63.0 Å². The van der Waals surface area contributed by atoms with Gasteiger partial charge in [0.15, 0.2) is 0 Å². The van der Waals surface area contributed by atoms with Crippen molar-refractivity contribution in [3.8, 4) is 0 Å². The molecule has 0 saturated carbocycles. The summed E-state index contributed by atoms with van der Waals surface area (Å²) in [7, 11) is 0. The Hall–Kier alpha value is -0.940. The van der Waals surface area contributed by atoms with E-state index in [0.29, 0.717) is 12.2 Å². The van der Waals surface area contributed by atoms with Crippen molar-refractivity contribution in [1.82, 2.24) is 20.3 Å². The van der Waals surface area contributed by atoms with Crippen LogP contribution in [0.15, 0.2) is 6.20 Å². The number of aromatic nitrogens is 3. The van der Waals surface area contributed by atoms with Gasteiger partial charge in [-0.25, -0.2) is 4.68 Å². The molecule has 1 aromatic heterocycles. The van der Waals surface area contributed by atoms with E-state index in [4.69, 9.17) is 0 Å². The van der Waals surface area contributed by atoms with Crippen LogP contribution in [0.5, 0.6) is 0 Å². The second-order valence-corrected chi connectivity index (χ2v) is 4.49. The molecule has 1 aliphatic rings. The van der Waals surface area contributed by atoms with Crippen LogP contribution in [0.1, 0.15) is 38.4 Å². The van der Waals surface area contributed by atoms with Crippen LogP contribution in [0.25, 0.3) is 0 Å². The first-order chi connectivity index (χ1) is 7.12. The first kappa shape index (κ1) is 10.6. The molecule has 5 nitrogen and oxygen atoms in total. The summed E-state index contributed by atoms with van der Waals surface area (Å²) < 4.78 is 1.78. The molecule has 0 aromatic carbocycles. The van der Waals surface area contributed by atoms with E-state index in [1.807, 2.05) is 20.0 Å².